The number of rotatable bonds is 5. The Morgan fingerprint density at radius 1 is 1.37 bits per heavy atom. The molecule has 5 heteroatoms. The molecule has 0 spiro atoms. The van der Waals surface area contributed by atoms with Gasteiger partial charge >= 0.3 is 0 Å². The van der Waals surface area contributed by atoms with Gasteiger partial charge in [0.2, 0.25) is 0 Å². The molecule has 0 aliphatic heterocycles. The standard InChI is InChI=1S/C14H15BrFNO2/c1-3-17-14(12-6-7-13(15)19-12)10-8-9(16)4-5-11(10)18-2/h4-8,14,17H,3H2,1-2H3. The smallest absolute Gasteiger partial charge is 0.169 e. The topological polar surface area (TPSA) is 34.4 Å². The fourth-order valence-corrected chi connectivity index (χ4v) is 2.30. The van der Waals surface area contributed by atoms with Gasteiger partial charge in [-0.3, -0.25) is 0 Å². The lowest BCUT2D eigenvalue weighted by atomic mass is 10.0. The van der Waals surface area contributed by atoms with Crippen molar-refractivity contribution >= 4 is 15.9 Å². The normalized spacial score (nSPS) is 12.4. The van der Waals surface area contributed by atoms with Crippen LogP contribution in [0.4, 0.5) is 4.39 Å². The van der Waals surface area contributed by atoms with Crippen LogP contribution >= 0.6 is 15.9 Å². The molecule has 3 nitrogen and oxygen atoms in total. The summed E-state index contributed by atoms with van der Waals surface area (Å²) < 4.78 is 25.0. The predicted octanol–water partition coefficient (Wildman–Crippen LogP) is 3.89. The van der Waals surface area contributed by atoms with E-state index in [2.05, 4.69) is 21.2 Å². The Morgan fingerprint density at radius 2 is 2.16 bits per heavy atom. The molecule has 0 bridgehead atoms. The van der Waals surface area contributed by atoms with Crippen molar-refractivity contribution < 1.29 is 13.5 Å². The first-order chi connectivity index (χ1) is 9.15. The summed E-state index contributed by atoms with van der Waals surface area (Å²) in [4.78, 5) is 0. The lowest BCUT2D eigenvalue weighted by Gasteiger charge is -2.18. The first-order valence-electron chi connectivity index (χ1n) is 5.97. The van der Waals surface area contributed by atoms with Gasteiger partial charge in [-0.05, 0) is 52.8 Å². The van der Waals surface area contributed by atoms with E-state index in [9.17, 15) is 4.39 Å². The van der Waals surface area contributed by atoms with Crippen LogP contribution in [0.1, 0.15) is 24.3 Å². The summed E-state index contributed by atoms with van der Waals surface area (Å²) in [6.45, 7) is 2.71. The molecular weight excluding hydrogens is 313 g/mol. The van der Waals surface area contributed by atoms with Gasteiger partial charge in [-0.25, -0.2) is 4.39 Å². The monoisotopic (exact) mass is 327 g/mol. The van der Waals surface area contributed by atoms with Crippen molar-refractivity contribution in [2.24, 2.45) is 0 Å². The van der Waals surface area contributed by atoms with Crippen molar-refractivity contribution in [2.75, 3.05) is 13.7 Å². The van der Waals surface area contributed by atoms with Gasteiger partial charge in [0.1, 0.15) is 17.3 Å². The van der Waals surface area contributed by atoms with Crippen LogP contribution in [0.5, 0.6) is 5.75 Å². The van der Waals surface area contributed by atoms with Crippen molar-refractivity contribution in [3.8, 4) is 5.75 Å². The van der Waals surface area contributed by atoms with E-state index in [0.717, 1.165) is 6.54 Å². The molecule has 2 rings (SSSR count). The molecule has 1 unspecified atom stereocenters. The van der Waals surface area contributed by atoms with E-state index in [0.29, 0.717) is 21.7 Å². The Hall–Kier alpha value is -1.33. The van der Waals surface area contributed by atoms with E-state index < -0.39 is 0 Å². The van der Waals surface area contributed by atoms with Gasteiger partial charge in [-0.1, -0.05) is 6.92 Å². The Morgan fingerprint density at radius 3 is 2.74 bits per heavy atom. The second-order valence-electron chi connectivity index (χ2n) is 4.02. The Bertz CT molecular complexity index is 556. The van der Waals surface area contributed by atoms with Gasteiger partial charge in [0, 0.05) is 5.56 Å². The summed E-state index contributed by atoms with van der Waals surface area (Å²) in [5, 5.41) is 3.27. The van der Waals surface area contributed by atoms with Crippen LogP contribution in [0, 0.1) is 5.82 Å². The summed E-state index contributed by atoms with van der Waals surface area (Å²) in [6.07, 6.45) is 0. The highest BCUT2D eigenvalue weighted by Crippen LogP contribution is 2.32. The molecule has 0 amide bonds. The number of hydrogen-bond acceptors (Lipinski definition) is 3. The second-order valence-corrected chi connectivity index (χ2v) is 4.80. The average molecular weight is 328 g/mol. The van der Waals surface area contributed by atoms with E-state index in [-0.39, 0.29) is 11.9 Å². The van der Waals surface area contributed by atoms with E-state index in [1.165, 1.54) is 12.1 Å². The van der Waals surface area contributed by atoms with Gasteiger partial charge < -0.3 is 14.5 Å². The lowest BCUT2D eigenvalue weighted by molar-refractivity contribution is 0.389. The summed E-state index contributed by atoms with van der Waals surface area (Å²) in [5.41, 5.74) is 0.714. The zero-order valence-corrected chi connectivity index (χ0v) is 12.3. The number of halogens is 2. The van der Waals surface area contributed by atoms with Crippen LogP contribution in [-0.4, -0.2) is 13.7 Å². The predicted molar refractivity (Wildman–Crippen MR) is 74.9 cm³/mol. The average Bonchev–Trinajstić information content (AvgIpc) is 2.82. The molecule has 0 aliphatic carbocycles. The van der Waals surface area contributed by atoms with E-state index in [4.69, 9.17) is 9.15 Å². The quantitative estimate of drug-likeness (QED) is 0.904. The molecule has 1 atom stereocenters. The third kappa shape index (κ3) is 3.16. The Balaban J connectivity index is 2.46. The molecule has 1 aromatic heterocycles. The van der Waals surface area contributed by atoms with Crippen molar-refractivity contribution in [1.29, 1.82) is 0 Å². The molecule has 0 saturated carbocycles. The third-order valence-corrected chi connectivity index (χ3v) is 3.22. The van der Waals surface area contributed by atoms with Crippen LogP contribution in [0.2, 0.25) is 0 Å². The number of hydrogen-bond donors (Lipinski definition) is 1. The highest BCUT2D eigenvalue weighted by Gasteiger charge is 2.21. The molecule has 1 aromatic carbocycles. The molecule has 1 heterocycles. The van der Waals surface area contributed by atoms with E-state index in [1.54, 1.807) is 13.2 Å². The molecule has 0 radical (unpaired) electrons. The zero-order chi connectivity index (χ0) is 13.8. The minimum absolute atomic E-state index is 0.248. The van der Waals surface area contributed by atoms with Crippen molar-refractivity contribution in [3.63, 3.8) is 0 Å². The third-order valence-electron chi connectivity index (χ3n) is 2.79. The minimum atomic E-state index is -0.302. The number of furan rings is 1. The van der Waals surface area contributed by atoms with Gasteiger partial charge in [0.25, 0.3) is 0 Å². The zero-order valence-electron chi connectivity index (χ0n) is 10.7. The molecule has 1 N–H and O–H groups in total. The SMILES string of the molecule is CCNC(c1ccc(Br)o1)c1cc(F)ccc1OC. The number of nitrogens with one attached hydrogen (secondary N) is 1. The van der Waals surface area contributed by atoms with Gasteiger partial charge in [-0.2, -0.15) is 0 Å². The summed E-state index contributed by atoms with van der Waals surface area (Å²) in [7, 11) is 1.57. The van der Waals surface area contributed by atoms with E-state index >= 15 is 0 Å². The largest absolute Gasteiger partial charge is 0.496 e. The van der Waals surface area contributed by atoms with Gasteiger partial charge in [-0.15, -0.1) is 0 Å². The fraction of sp³-hybridized carbons (Fsp3) is 0.286. The van der Waals surface area contributed by atoms with Crippen molar-refractivity contribution in [3.05, 3.63) is 52.1 Å². The maximum Gasteiger partial charge on any atom is 0.169 e. The maximum absolute atomic E-state index is 13.5. The maximum atomic E-state index is 13.5. The molecule has 102 valence electrons. The molecule has 19 heavy (non-hydrogen) atoms. The number of benzene rings is 1. The van der Waals surface area contributed by atoms with Crippen molar-refractivity contribution in [2.45, 2.75) is 13.0 Å². The first kappa shape index (κ1) is 14.1. The second kappa shape index (κ2) is 6.21. The van der Waals surface area contributed by atoms with Crippen LogP contribution in [0.15, 0.2) is 39.4 Å². The van der Waals surface area contributed by atoms with Gasteiger partial charge in [0.15, 0.2) is 4.67 Å². The Labute approximate surface area is 119 Å². The summed E-state index contributed by atoms with van der Waals surface area (Å²) >= 11 is 3.27. The highest BCUT2D eigenvalue weighted by molar-refractivity contribution is 9.10. The number of ether oxygens (including phenoxy) is 1. The van der Waals surface area contributed by atoms with Gasteiger partial charge in [0.05, 0.1) is 13.2 Å². The van der Waals surface area contributed by atoms with Crippen LogP contribution < -0.4 is 10.1 Å². The highest BCUT2D eigenvalue weighted by atomic mass is 79.9. The summed E-state index contributed by atoms with van der Waals surface area (Å²) in [5.74, 6) is 1.03. The van der Waals surface area contributed by atoms with Crippen LogP contribution in [-0.2, 0) is 0 Å². The molecule has 2 aromatic rings. The molecule has 0 saturated heterocycles. The molecule has 0 aliphatic rings. The summed E-state index contributed by atoms with van der Waals surface area (Å²) in [6, 6.07) is 7.87. The Kier molecular flexibility index (Phi) is 4.61. The van der Waals surface area contributed by atoms with E-state index in [1.807, 2.05) is 19.1 Å². The molecular formula is C14H15BrFNO2. The minimum Gasteiger partial charge on any atom is -0.496 e. The van der Waals surface area contributed by atoms with Crippen molar-refractivity contribution in [1.82, 2.24) is 5.32 Å². The number of methoxy groups -OCH3 is 1. The molecule has 0 fully saturated rings. The van der Waals surface area contributed by atoms with Crippen LogP contribution in [0.25, 0.3) is 0 Å². The first-order valence-corrected chi connectivity index (χ1v) is 6.77. The lowest BCUT2D eigenvalue weighted by Crippen LogP contribution is -2.22. The van der Waals surface area contributed by atoms with Crippen LogP contribution in [0.3, 0.4) is 0 Å². The fourth-order valence-electron chi connectivity index (χ4n) is 1.98.